The van der Waals surface area contributed by atoms with Gasteiger partial charge in [0.05, 0.1) is 17.7 Å². The summed E-state index contributed by atoms with van der Waals surface area (Å²) in [6.07, 6.45) is 0. The Morgan fingerprint density at radius 1 is 1.00 bits per heavy atom. The van der Waals surface area contributed by atoms with Gasteiger partial charge >= 0.3 is 5.97 Å². The average molecular weight is 378 g/mol. The fourth-order valence-corrected chi connectivity index (χ4v) is 3.58. The molecule has 0 spiro atoms. The van der Waals surface area contributed by atoms with Gasteiger partial charge in [0.15, 0.2) is 8.32 Å². The molecule has 1 aromatic heterocycles. The number of rotatable bonds is 7. The van der Waals surface area contributed by atoms with Gasteiger partial charge in [-0.25, -0.2) is 9.78 Å². The number of hydrogen-bond donors (Lipinski definition) is 0. The molecule has 2 aromatic rings. The summed E-state index contributed by atoms with van der Waals surface area (Å²) in [4.78, 5) is 17.1. The summed E-state index contributed by atoms with van der Waals surface area (Å²) in [5, 5.41) is 0.774. The van der Waals surface area contributed by atoms with E-state index >= 15 is 0 Å². The normalized spacial score (nSPS) is 12.2. The van der Waals surface area contributed by atoms with Gasteiger partial charge in [-0.15, -0.1) is 0 Å². The van der Waals surface area contributed by atoms with E-state index in [9.17, 15) is 4.79 Å². The summed E-state index contributed by atoms with van der Waals surface area (Å²) in [5.74, 6) is 0.0985. The van der Waals surface area contributed by atoms with Crippen molar-refractivity contribution in [1.82, 2.24) is 4.98 Å². The van der Waals surface area contributed by atoms with Gasteiger partial charge < -0.3 is 13.6 Å². The molecule has 25 heavy (non-hydrogen) atoms. The number of pyridine rings is 1. The van der Waals surface area contributed by atoms with Crippen molar-refractivity contribution >= 4 is 33.5 Å². The van der Waals surface area contributed by atoms with Crippen LogP contribution in [-0.4, -0.2) is 40.8 Å². The number of fused-ring (bicyclic) bond motifs is 1. The minimum absolute atomic E-state index is 0.319. The number of carbonyl (C=O) groups is 1. The number of para-hydroxylation sites is 1. The number of ether oxygens (including phenoxy) is 1. The molecule has 0 atom stereocenters. The molecule has 0 saturated carbocycles. The zero-order chi connectivity index (χ0) is 18.7. The van der Waals surface area contributed by atoms with Crippen molar-refractivity contribution in [2.75, 3.05) is 13.2 Å². The van der Waals surface area contributed by atoms with Crippen LogP contribution < -0.4 is 4.74 Å². The highest BCUT2D eigenvalue weighted by Gasteiger charge is 2.23. The molecule has 1 heterocycles. The molecule has 0 bridgehead atoms. The standard InChI is InChI=1S/C18H27NO4Si2/c1-24(2,3)22-12-11-21-17-13-15(18(20)23-25(4,5)6)14-9-7-8-10-16(14)19-17/h7-10,13H,11-12H2,1-6H3. The molecule has 0 aliphatic rings. The molecule has 0 aliphatic heterocycles. The predicted octanol–water partition coefficient (Wildman–Crippen LogP) is 4.46. The topological polar surface area (TPSA) is 57.7 Å². The monoisotopic (exact) mass is 377 g/mol. The second-order valence-corrected chi connectivity index (χ2v) is 16.8. The van der Waals surface area contributed by atoms with Crippen molar-refractivity contribution in [3.8, 4) is 5.88 Å². The van der Waals surface area contributed by atoms with Crippen LogP contribution in [0.2, 0.25) is 39.3 Å². The predicted molar refractivity (Wildman–Crippen MR) is 105 cm³/mol. The molecule has 0 saturated heterocycles. The van der Waals surface area contributed by atoms with Gasteiger partial charge in [0.25, 0.3) is 0 Å². The summed E-state index contributed by atoms with van der Waals surface area (Å²) in [7, 11) is -3.55. The Morgan fingerprint density at radius 3 is 2.32 bits per heavy atom. The first-order chi connectivity index (χ1) is 11.6. The lowest BCUT2D eigenvalue weighted by Gasteiger charge is -2.19. The third-order valence-electron chi connectivity index (χ3n) is 3.18. The molecule has 0 aliphatic carbocycles. The number of nitrogens with zero attached hydrogens (tertiary/aromatic N) is 1. The molecule has 7 heteroatoms. The first-order valence-corrected chi connectivity index (χ1v) is 15.3. The number of carbonyl (C=O) groups excluding carboxylic acids is 1. The Balaban J connectivity index is 2.23. The molecular weight excluding hydrogens is 350 g/mol. The highest BCUT2D eigenvalue weighted by molar-refractivity contribution is 6.71. The molecule has 0 radical (unpaired) electrons. The Bertz CT molecular complexity index is 751. The SMILES string of the molecule is C[Si](C)(C)OCCOc1cc(C(=O)O[Si](C)(C)C)c2ccccc2n1. The molecule has 0 amide bonds. The molecule has 2 rings (SSSR count). The lowest BCUT2D eigenvalue weighted by molar-refractivity contribution is 0.0726. The molecule has 0 N–H and O–H groups in total. The largest absolute Gasteiger partial charge is 0.516 e. The van der Waals surface area contributed by atoms with Crippen LogP contribution in [0.4, 0.5) is 0 Å². The van der Waals surface area contributed by atoms with Crippen molar-refractivity contribution in [3.63, 3.8) is 0 Å². The van der Waals surface area contributed by atoms with Gasteiger partial charge in [0, 0.05) is 11.5 Å². The molecular formula is C18H27NO4Si2. The maximum Gasteiger partial charge on any atom is 0.325 e. The summed E-state index contributed by atoms with van der Waals surface area (Å²) in [6, 6.07) is 9.19. The zero-order valence-corrected chi connectivity index (χ0v) is 17.9. The first-order valence-electron chi connectivity index (χ1n) is 8.45. The Kier molecular flexibility index (Phi) is 6.02. The van der Waals surface area contributed by atoms with Crippen molar-refractivity contribution < 1.29 is 18.4 Å². The molecule has 5 nitrogen and oxygen atoms in total. The average Bonchev–Trinajstić information content (AvgIpc) is 2.48. The quantitative estimate of drug-likeness (QED) is 0.527. The second kappa shape index (κ2) is 7.67. The van der Waals surface area contributed by atoms with Gasteiger partial charge in [0.1, 0.15) is 6.61 Å². The summed E-state index contributed by atoms with van der Waals surface area (Å²) >= 11 is 0. The maximum atomic E-state index is 12.6. The molecule has 136 valence electrons. The molecule has 0 fully saturated rings. The van der Waals surface area contributed by atoms with Crippen LogP contribution in [0, 0.1) is 0 Å². The van der Waals surface area contributed by atoms with E-state index < -0.39 is 16.6 Å². The lowest BCUT2D eigenvalue weighted by Crippen LogP contribution is -2.29. The van der Waals surface area contributed by atoms with Gasteiger partial charge in [-0.1, -0.05) is 18.2 Å². The Hall–Kier alpha value is -1.71. The summed E-state index contributed by atoms with van der Waals surface area (Å²) in [6.45, 7) is 13.3. The van der Waals surface area contributed by atoms with Crippen LogP contribution in [0.3, 0.4) is 0 Å². The van der Waals surface area contributed by atoms with E-state index in [1.54, 1.807) is 6.07 Å². The first kappa shape index (κ1) is 19.6. The highest BCUT2D eigenvalue weighted by Crippen LogP contribution is 2.24. The number of hydrogen-bond acceptors (Lipinski definition) is 5. The van der Waals surface area contributed by atoms with Crippen molar-refractivity contribution in [2.24, 2.45) is 0 Å². The smallest absolute Gasteiger partial charge is 0.325 e. The second-order valence-electron chi connectivity index (χ2n) is 7.84. The lowest BCUT2D eigenvalue weighted by atomic mass is 10.1. The van der Waals surface area contributed by atoms with Crippen LogP contribution in [0.1, 0.15) is 10.4 Å². The number of benzene rings is 1. The summed E-state index contributed by atoms with van der Waals surface area (Å²) < 4.78 is 17.2. The van der Waals surface area contributed by atoms with Crippen LogP contribution >= 0.6 is 0 Å². The minimum Gasteiger partial charge on any atom is -0.516 e. The third-order valence-corrected chi connectivity index (χ3v) is 5.05. The van der Waals surface area contributed by atoms with Crippen molar-refractivity contribution in [3.05, 3.63) is 35.9 Å². The van der Waals surface area contributed by atoms with Crippen LogP contribution in [0.5, 0.6) is 5.88 Å². The van der Waals surface area contributed by atoms with Crippen molar-refractivity contribution in [2.45, 2.75) is 39.3 Å². The third kappa shape index (κ3) is 6.26. The van der Waals surface area contributed by atoms with E-state index in [4.69, 9.17) is 13.6 Å². The fourth-order valence-electron chi connectivity index (χ4n) is 2.22. The van der Waals surface area contributed by atoms with E-state index in [0.717, 1.165) is 5.39 Å². The van der Waals surface area contributed by atoms with Crippen LogP contribution in [-0.2, 0) is 8.85 Å². The summed E-state index contributed by atoms with van der Waals surface area (Å²) in [5.41, 5.74) is 1.21. The van der Waals surface area contributed by atoms with Crippen LogP contribution in [0.15, 0.2) is 30.3 Å². The highest BCUT2D eigenvalue weighted by atomic mass is 28.4. The van der Waals surface area contributed by atoms with Crippen LogP contribution in [0.25, 0.3) is 10.9 Å². The van der Waals surface area contributed by atoms with E-state index in [1.165, 1.54) is 0 Å². The van der Waals surface area contributed by atoms with Gasteiger partial charge in [-0.05, 0) is 45.3 Å². The molecule has 0 unspecified atom stereocenters. The van der Waals surface area contributed by atoms with Gasteiger partial charge in [0.2, 0.25) is 14.2 Å². The fraction of sp³-hybridized carbons (Fsp3) is 0.444. The number of aromatic nitrogens is 1. The Labute approximate surface area is 151 Å². The van der Waals surface area contributed by atoms with E-state index in [1.807, 2.05) is 43.9 Å². The molecule has 1 aromatic carbocycles. The van der Waals surface area contributed by atoms with E-state index in [-0.39, 0.29) is 5.97 Å². The minimum atomic E-state index is -1.99. The van der Waals surface area contributed by atoms with E-state index in [2.05, 4.69) is 24.6 Å². The van der Waals surface area contributed by atoms with Crippen molar-refractivity contribution in [1.29, 1.82) is 0 Å². The maximum absolute atomic E-state index is 12.6. The van der Waals surface area contributed by atoms with Gasteiger partial charge in [-0.3, -0.25) is 0 Å². The Morgan fingerprint density at radius 2 is 1.68 bits per heavy atom. The zero-order valence-electron chi connectivity index (χ0n) is 15.9. The van der Waals surface area contributed by atoms with E-state index in [0.29, 0.717) is 30.2 Å². The van der Waals surface area contributed by atoms with Gasteiger partial charge in [-0.2, -0.15) is 0 Å².